The molecule has 1 aliphatic rings. The second-order valence-corrected chi connectivity index (χ2v) is 8.14. The summed E-state index contributed by atoms with van der Waals surface area (Å²) in [5.41, 5.74) is 4.05. The van der Waals surface area contributed by atoms with Gasteiger partial charge in [0.05, 0.1) is 37.2 Å². The van der Waals surface area contributed by atoms with E-state index in [4.69, 9.17) is 19.2 Å². The highest BCUT2D eigenvalue weighted by atomic mass is 16.6. The molecule has 33 heavy (non-hydrogen) atoms. The summed E-state index contributed by atoms with van der Waals surface area (Å²) >= 11 is 0. The van der Waals surface area contributed by atoms with Crippen molar-refractivity contribution in [3.8, 4) is 17.0 Å². The number of amides is 1. The van der Waals surface area contributed by atoms with Gasteiger partial charge in [-0.1, -0.05) is 19.4 Å². The summed E-state index contributed by atoms with van der Waals surface area (Å²) in [6.07, 6.45) is 4.85. The van der Waals surface area contributed by atoms with Crippen molar-refractivity contribution in [2.45, 2.75) is 39.7 Å². The third-order valence-electron chi connectivity index (χ3n) is 5.73. The maximum atomic E-state index is 12.3. The summed E-state index contributed by atoms with van der Waals surface area (Å²) in [5.74, 6) is 1.40. The van der Waals surface area contributed by atoms with Crippen LogP contribution in [0.1, 0.15) is 32.4 Å². The number of morpholine rings is 1. The predicted molar refractivity (Wildman–Crippen MR) is 127 cm³/mol. The largest absolute Gasteiger partial charge is 0.495 e. The Kier molecular flexibility index (Phi) is 6.98. The number of ether oxygens (including phenoxy) is 3. The number of aromatic nitrogens is 3. The van der Waals surface area contributed by atoms with E-state index in [1.54, 1.807) is 13.3 Å². The lowest BCUT2D eigenvalue weighted by atomic mass is 10.1. The van der Waals surface area contributed by atoms with E-state index < -0.39 is 6.09 Å². The van der Waals surface area contributed by atoms with Crippen LogP contribution in [0.3, 0.4) is 0 Å². The molecule has 1 saturated heterocycles. The average molecular weight is 454 g/mol. The Morgan fingerprint density at radius 1 is 1.30 bits per heavy atom. The van der Waals surface area contributed by atoms with E-state index in [0.717, 1.165) is 54.3 Å². The van der Waals surface area contributed by atoms with Gasteiger partial charge in [0, 0.05) is 31.0 Å². The quantitative estimate of drug-likeness (QED) is 0.571. The topological polar surface area (TPSA) is 90.2 Å². The molecule has 0 spiro atoms. The van der Waals surface area contributed by atoms with Crippen molar-refractivity contribution in [1.29, 1.82) is 0 Å². The second kappa shape index (κ2) is 10.1. The highest BCUT2D eigenvalue weighted by Gasteiger charge is 2.22. The van der Waals surface area contributed by atoms with E-state index in [-0.39, 0.29) is 6.10 Å². The van der Waals surface area contributed by atoms with Crippen LogP contribution in [0.25, 0.3) is 16.8 Å². The van der Waals surface area contributed by atoms with Crippen molar-refractivity contribution in [2.24, 2.45) is 0 Å². The van der Waals surface area contributed by atoms with Crippen LogP contribution in [0.4, 0.5) is 16.4 Å². The molecule has 0 radical (unpaired) electrons. The summed E-state index contributed by atoms with van der Waals surface area (Å²) in [6.45, 7) is 8.83. The van der Waals surface area contributed by atoms with Crippen molar-refractivity contribution >= 4 is 23.2 Å². The van der Waals surface area contributed by atoms with E-state index in [1.165, 1.54) is 0 Å². The molecule has 3 heterocycles. The first kappa shape index (κ1) is 22.8. The lowest BCUT2D eigenvalue weighted by Gasteiger charge is -2.27. The summed E-state index contributed by atoms with van der Waals surface area (Å²) in [4.78, 5) is 24.0. The Labute approximate surface area is 193 Å². The number of benzene rings is 1. The second-order valence-electron chi connectivity index (χ2n) is 8.14. The molecule has 4 rings (SSSR count). The van der Waals surface area contributed by atoms with E-state index in [2.05, 4.69) is 26.5 Å². The van der Waals surface area contributed by atoms with Gasteiger partial charge in [0.15, 0.2) is 0 Å². The summed E-state index contributed by atoms with van der Waals surface area (Å²) < 4.78 is 18.6. The number of imidazole rings is 1. The monoisotopic (exact) mass is 453 g/mol. The highest BCUT2D eigenvalue weighted by molar-refractivity contribution is 5.89. The van der Waals surface area contributed by atoms with Crippen molar-refractivity contribution in [3.05, 3.63) is 36.3 Å². The van der Waals surface area contributed by atoms with Crippen molar-refractivity contribution < 1.29 is 19.0 Å². The molecule has 1 unspecified atom stereocenters. The van der Waals surface area contributed by atoms with E-state index in [1.807, 2.05) is 38.2 Å². The Morgan fingerprint density at radius 2 is 2.09 bits per heavy atom. The molecular formula is C24H31N5O4. The van der Waals surface area contributed by atoms with Gasteiger partial charge in [-0.25, -0.2) is 9.78 Å². The summed E-state index contributed by atoms with van der Waals surface area (Å²) in [7, 11) is 1.58. The summed E-state index contributed by atoms with van der Waals surface area (Å²) in [6, 6.07) is 5.61. The zero-order valence-electron chi connectivity index (χ0n) is 19.6. The number of fused-ring (bicyclic) bond motifs is 1. The SMILES string of the molecule is CCCC(C)OC(=O)Nc1ccc(-c2nc(N3CCOCC3)n3ccnc(C)c23)cc1OC. The highest BCUT2D eigenvalue weighted by Crippen LogP contribution is 2.35. The molecule has 1 aliphatic heterocycles. The number of carbonyl (C=O) groups excluding carboxylic acids is 1. The molecule has 176 valence electrons. The summed E-state index contributed by atoms with van der Waals surface area (Å²) in [5, 5.41) is 2.79. The fourth-order valence-corrected chi connectivity index (χ4v) is 4.10. The minimum absolute atomic E-state index is 0.147. The van der Waals surface area contributed by atoms with E-state index in [0.29, 0.717) is 24.7 Å². The molecule has 1 amide bonds. The van der Waals surface area contributed by atoms with Gasteiger partial charge in [0.2, 0.25) is 5.95 Å². The van der Waals surface area contributed by atoms with Crippen LogP contribution in [0.2, 0.25) is 0 Å². The normalized spacial score (nSPS) is 14.8. The van der Waals surface area contributed by atoms with E-state index >= 15 is 0 Å². The third kappa shape index (κ3) is 4.88. The number of methoxy groups -OCH3 is 1. The first-order valence-corrected chi connectivity index (χ1v) is 11.3. The minimum atomic E-state index is -0.496. The average Bonchev–Trinajstić information content (AvgIpc) is 3.21. The molecule has 1 fully saturated rings. The Bertz CT molecular complexity index is 1120. The number of nitrogens with one attached hydrogen (secondary N) is 1. The molecule has 9 nitrogen and oxygen atoms in total. The number of hydrogen-bond acceptors (Lipinski definition) is 7. The molecule has 3 aromatic rings. The lowest BCUT2D eigenvalue weighted by Crippen LogP contribution is -2.37. The first-order valence-electron chi connectivity index (χ1n) is 11.3. The van der Waals surface area contributed by atoms with Gasteiger partial charge in [-0.3, -0.25) is 14.7 Å². The van der Waals surface area contributed by atoms with Crippen LogP contribution >= 0.6 is 0 Å². The number of nitrogens with zero attached hydrogens (tertiary/aromatic N) is 4. The van der Waals surface area contributed by atoms with Gasteiger partial charge in [0.1, 0.15) is 17.5 Å². The number of rotatable bonds is 7. The van der Waals surface area contributed by atoms with Crippen LogP contribution in [-0.2, 0) is 9.47 Å². The van der Waals surface area contributed by atoms with Gasteiger partial charge in [-0.15, -0.1) is 0 Å². The van der Waals surface area contributed by atoms with Crippen LogP contribution in [0.5, 0.6) is 5.75 Å². The van der Waals surface area contributed by atoms with Crippen molar-refractivity contribution in [3.63, 3.8) is 0 Å². The van der Waals surface area contributed by atoms with Gasteiger partial charge >= 0.3 is 6.09 Å². The minimum Gasteiger partial charge on any atom is -0.495 e. The molecular weight excluding hydrogens is 422 g/mol. The predicted octanol–water partition coefficient (Wildman–Crippen LogP) is 4.29. The van der Waals surface area contributed by atoms with Crippen LogP contribution in [0, 0.1) is 6.92 Å². The molecule has 0 aliphatic carbocycles. The zero-order valence-corrected chi connectivity index (χ0v) is 19.6. The molecule has 0 saturated carbocycles. The van der Waals surface area contributed by atoms with Gasteiger partial charge in [-0.2, -0.15) is 0 Å². The third-order valence-corrected chi connectivity index (χ3v) is 5.73. The number of aryl methyl sites for hydroxylation is 1. The number of carbonyl (C=O) groups is 1. The maximum absolute atomic E-state index is 12.3. The molecule has 2 aromatic heterocycles. The van der Waals surface area contributed by atoms with Crippen molar-refractivity contribution in [1.82, 2.24) is 14.4 Å². The Hall–Kier alpha value is -3.33. The van der Waals surface area contributed by atoms with Crippen LogP contribution in [-0.4, -0.2) is 60.0 Å². The van der Waals surface area contributed by atoms with E-state index in [9.17, 15) is 4.79 Å². The maximum Gasteiger partial charge on any atom is 0.412 e. The molecule has 1 N–H and O–H groups in total. The zero-order chi connectivity index (χ0) is 23.4. The van der Waals surface area contributed by atoms with Crippen LogP contribution < -0.4 is 15.0 Å². The van der Waals surface area contributed by atoms with Gasteiger partial charge in [0.25, 0.3) is 0 Å². The Balaban J connectivity index is 1.68. The molecule has 1 atom stereocenters. The van der Waals surface area contributed by atoms with Gasteiger partial charge in [-0.05, 0) is 32.4 Å². The lowest BCUT2D eigenvalue weighted by molar-refractivity contribution is 0.115. The van der Waals surface area contributed by atoms with Crippen molar-refractivity contribution in [2.75, 3.05) is 43.6 Å². The number of hydrogen-bond donors (Lipinski definition) is 1. The molecule has 0 bridgehead atoms. The fourth-order valence-electron chi connectivity index (χ4n) is 4.10. The Morgan fingerprint density at radius 3 is 2.82 bits per heavy atom. The standard InChI is InChI=1S/C24H31N5O4/c1-5-6-16(2)33-24(30)26-19-8-7-18(15-20(19)31-4)21-22-17(3)25-9-10-29(22)23(27-21)28-11-13-32-14-12-28/h7-10,15-16H,5-6,11-14H2,1-4H3,(H,26,30). The molecule has 9 heteroatoms. The number of anilines is 2. The smallest absolute Gasteiger partial charge is 0.412 e. The van der Waals surface area contributed by atoms with Gasteiger partial charge < -0.3 is 19.1 Å². The van der Waals surface area contributed by atoms with Crippen LogP contribution in [0.15, 0.2) is 30.6 Å². The fraction of sp³-hybridized carbons (Fsp3) is 0.458. The molecule has 1 aromatic carbocycles. The first-order chi connectivity index (χ1) is 16.0.